The first-order valence-corrected chi connectivity index (χ1v) is 7.69. The molecule has 1 heterocycles. The third-order valence-electron chi connectivity index (χ3n) is 3.09. The van der Waals surface area contributed by atoms with Crippen molar-refractivity contribution in [3.8, 4) is 0 Å². The normalized spacial score (nSPS) is 12.9. The molecular weight excluding hydrogens is 312 g/mol. The van der Waals surface area contributed by atoms with E-state index in [2.05, 4.69) is 15.6 Å². The van der Waals surface area contributed by atoms with Crippen LogP contribution in [0.4, 0.5) is 4.79 Å². The van der Waals surface area contributed by atoms with Crippen molar-refractivity contribution < 1.29 is 19.2 Å². The van der Waals surface area contributed by atoms with E-state index in [1.165, 1.54) is 0 Å². The predicted octanol–water partition coefficient (Wildman–Crippen LogP) is 1.94. The molecule has 2 aromatic rings. The van der Waals surface area contributed by atoms with Gasteiger partial charge in [0.15, 0.2) is 0 Å². The molecule has 0 bridgehead atoms. The highest BCUT2D eigenvalue weighted by atomic mass is 16.7. The number of nitrogens with one attached hydrogen (secondary N) is 1. The predicted molar refractivity (Wildman–Crippen MR) is 87.1 cm³/mol. The number of rotatable bonds is 4. The third kappa shape index (κ3) is 4.43. The van der Waals surface area contributed by atoms with Gasteiger partial charge in [-0.1, -0.05) is 30.8 Å². The van der Waals surface area contributed by atoms with E-state index < -0.39 is 23.7 Å². The summed E-state index contributed by atoms with van der Waals surface area (Å²) in [5.74, 6) is -0.841. The van der Waals surface area contributed by atoms with Crippen LogP contribution in [-0.2, 0) is 9.53 Å². The fraction of sp³-hybridized carbons (Fsp3) is 0.500. The molecule has 0 radical (unpaired) electrons. The molecule has 8 nitrogen and oxygen atoms in total. The van der Waals surface area contributed by atoms with Crippen LogP contribution in [-0.4, -0.2) is 38.9 Å². The lowest BCUT2D eigenvalue weighted by molar-refractivity contribution is -0.149. The molecule has 1 amide bonds. The first-order valence-electron chi connectivity index (χ1n) is 7.69. The van der Waals surface area contributed by atoms with Crippen molar-refractivity contribution in [2.75, 3.05) is 0 Å². The number of benzene rings is 1. The SMILES string of the molecule is CC(C)[C@H](NC(=O)OC(C)(C)C)C(=O)On1nnc2ccccc21. The first-order chi connectivity index (χ1) is 11.2. The van der Waals surface area contributed by atoms with Crippen LogP contribution < -0.4 is 10.2 Å². The fourth-order valence-electron chi connectivity index (χ4n) is 1.99. The molecule has 1 aromatic heterocycles. The quantitative estimate of drug-likeness (QED) is 0.859. The summed E-state index contributed by atoms with van der Waals surface area (Å²) in [7, 11) is 0. The van der Waals surface area contributed by atoms with Gasteiger partial charge in [0.25, 0.3) is 0 Å². The highest BCUT2D eigenvalue weighted by Crippen LogP contribution is 2.11. The number of alkyl carbamates (subject to hydrolysis) is 1. The van der Waals surface area contributed by atoms with Crippen molar-refractivity contribution in [1.82, 2.24) is 20.5 Å². The molecule has 130 valence electrons. The molecule has 0 aliphatic heterocycles. The average Bonchev–Trinajstić information content (AvgIpc) is 2.86. The molecule has 24 heavy (non-hydrogen) atoms. The Kier molecular flexibility index (Phi) is 5.06. The molecule has 1 N–H and O–H groups in total. The Morgan fingerprint density at radius 3 is 2.50 bits per heavy atom. The van der Waals surface area contributed by atoms with E-state index >= 15 is 0 Å². The van der Waals surface area contributed by atoms with Gasteiger partial charge >= 0.3 is 12.1 Å². The van der Waals surface area contributed by atoms with Crippen LogP contribution in [0.15, 0.2) is 24.3 Å². The summed E-state index contributed by atoms with van der Waals surface area (Å²) in [5, 5.41) is 10.2. The monoisotopic (exact) mass is 334 g/mol. The molecule has 0 saturated heterocycles. The number of hydrogen-bond donors (Lipinski definition) is 1. The standard InChI is InChI=1S/C16H22N4O4/c1-10(2)13(17-15(22)23-16(3,4)5)14(21)24-20-12-9-7-6-8-11(12)18-19-20/h6-10,13H,1-5H3,(H,17,22)/t13-/m0/s1. The van der Waals surface area contributed by atoms with Gasteiger partial charge < -0.3 is 14.9 Å². The zero-order chi connectivity index (χ0) is 17.9. The van der Waals surface area contributed by atoms with Gasteiger partial charge in [0.05, 0.1) is 0 Å². The topological polar surface area (TPSA) is 95.3 Å². The maximum absolute atomic E-state index is 12.4. The third-order valence-corrected chi connectivity index (χ3v) is 3.09. The van der Waals surface area contributed by atoms with Crippen LogP contribution in [0.3, 0.4) is 0 Å². The van der Waals surface area contributed by atoms with Crippen LogP contribution in [0, 0.1) is 5.92 Å². The minimum absolute atomic E-state index is 0.195. The summed E-state index contributed by atoms with van der Waals surface area (Å²) >= 11 is 0. The lowest BCUT2D eigenvalue weighted by Crippen LogP contribution is -2.49. The Hall–Kier alpha value is -2.64. The molecular formula is C16H22N4O4. The van der Waals surface area contributed by atoms with E-state index in [0.717, 1.165) is 4.85 Å². The summed E-state index contributed by atoms with van der Waals surface area (Å²) in [6.45, 7) is 8.83. The summed E-state index contributed by atoms with van der Waals surface area (Å²) in [5.41, 5.74) is 0.509. The van der Waals surface area contributed by atoms with Gasteiger partial charge in [-0.05, 0) is 44.0 Å². The zero-order valence-electron chi connectivity index (χ0n) is 14.4. The largest absolute Gasteiger partial charge is 0.444 e. The second-order valence-corrected chi connectivity index (χ2v) is 6.73. The number of para-hydroxylation sites is 1. The van der Waals surface area contributed by atoms with E-state index in [1.807, 2.05) is 6.07 Å². The molecule has 0 saturated carbocycles. The van der Waals surface area contributed by atoms with Crippen LogP contribution >= 0.6 is 0 Å². The first kappa shape index (κ1) is 17.7. The van der Waals surface area contributed by atoms with Crippen molar-refractivity contribution >= 4 is 23.1 Å². The van der Waals surface area contributed by atoms with Crippen molar-refractivity contribution in [2.45, 2.75) is 46.3 Å². The van der Waals surface area contributed by atoms with Gasteiger partial charge in [0.2, 0.25) is 0 Å². The second-order valence-electron chi connectivity index (χ2n) is 6.73. The van der Waals surface area contributed by atoms with E-state index in [4.69, 9.17) is 9.57 Å². The van der Waals surface area contributed by atoms with Gasteiger partial charge in [0, 0.05) is 0 Å². The minimum Gasteiger partial charge on any atom is -0.444 e. The number of ether oxygens (including phenoxy) is 1. The molecule has 8 heteroatoms. The Morgan fingerprint density at radius 2 is 1.88 bits per heavy atom. The zero-order valence-corrected chi connectivity index (χ0v) is 14.4. The van der Waals surface area contributed by atoms with Crippen LogP contribution in [0.25, 0.3) is 11.0 Å². The number of amides is 1. The van der Waals surface area contributed by atoms with E-state index in [0.29, 0.717) is 11.0 Å². The van der Waals surface area contributed by atoms with Gasteiger partial charge in [-0.3, -0.25) is 0 Å². The van der Waals surface area contributed by atoms with E-state index in [9.17, 15) is 9.59 Å². The summed E-state index contributed by atoms with van der Waals surface area (Å²) < 4.78 is 5.18. The minimum atomic E-state index is -0.872. The lowest BCUT2D eigenvalue weighted by atomic mass is 10.1. The van der Waals surface area contributed by atoms with Gasteiger partial charge in [-0.15, -0.1) is 5.10 Å². The number of carbonyl (C=O) groups is 2. The van der Waals surface area contributed by atoms with Crippen molar-refractivity contribution in [3.05, 3.63) is 24.3 Å². The number of fused-ring (bicyclic) bond motifs is 1. The average molecular weight is 334 g/mol. The van der Waals surface area contributed by atoms with Crippen LogP contribution in [0.1, 0.15) is 34.6 Å². The Labute approximate surface area is 140 Å². The number of aromatic nitrogens is 3. The molecule has 0 fully saturated rings. The van der Waals surface area contributed by atoms with E-state index in [1.54, 1.807) is 52.8 Å². The van der Waals surface area contributed by atoms with Crippen molar-refractivity contribution in [3.63, 3.8) is 0 Å². The van der Waals surface area contributed by atoms with Crippen LogP contribution in [0.2, 0.25) is 0 Å². The molecule has 0 aliphatic rings. The van der Waals surface area contributed by atoms with Gasteiger partial charge in [-0.25, -0.2) is 9.59 Å². The Balaban J connectivity index is 2.10. The Morgan fingerprint density at radius 1 is 1.21 bits per heavy atom. The molecule has 0 aliphatic carbocycles. The Bertz CT molecular complexity index is 733. The second kappa shape index (κ2) is 6.86. The summed E-state index contributed by atoms with van der Waals surface area (Å²) in [4.78, 5) is 30.6. The molecule has 0 spiro atoms. The number of hydrogen-bond acceptors (Lipinski definition) is 6. The number of carbonyl (C=O) groups excluding carboxylic acids is 2. The van der Waals surface area contributed by atoms with E-state index in [-0.39, 0.29) is 5.92 Å². The van der Waals surface area contributed by atoms with Gasteiger partial charge in [-0.2, -0.15) is 0 Å². The molecule has 1 aromatic carbocycles. The fourth-order valence-corrected chi connectivity index (χ4v) is 1.99. The highest BCUT2D eigenvalue weighted by molar-refractivity contribution is 5.82. The maximum atomic E-state index is 12.4. The van der Waals surface area contributed by atoms with Gasteiger partial charge in [0.1, 0.15) is 22.7 Å². The van der Waals surface area contributed by atoms with Crippen molar-refractivity contribution in [1.29, 1.82) is 0 Å². The van der Waals surface area contributed by atoms with Crippen LogP contribution in [0.5, 0.6) is 0 Å². The molecule has 0 unspecified atom stereocenters. The molecule has 2 rings (SSSR count). The highest BCUT2D eigenvalue weighted by Gasteiger charge is 2.29. The smallest absolute Gasteiger partial charge is 0.408 e. The summed E-state index contributed by atoms with van der Waals surface area (Å²) in [6.07, 6.45) is -0.679. The maximum Gasteiger partial charge on any atom is 0.408 e. The summed E-state index contributed by atoms with van der Waals surface area (Å²) in [6, 6.07) is 6.21. The number of nitrogens with zero attached hydrogens (tertiary/aromatic N) is 3. The van der Waals surface area contributed by atoms with Crippen molar-refractivity contribution in [2.24, 2.45) is 5.92 Å². The lowest BCUT2D eigenvalue weighted by Gasteiger charge is -2.24. The molecule has 1 atom stereocenters.